The molecule has 0 radical (unpaired) electrons. The molecule has 0 fully saturated rings. The lowest BCUT2D eigenvalue weighted by atomic mass is 10.1. The zero-order chi connectivity index (χ0) is 21.5. The minimum absolute atomic E-state index is 0.294. The number of aromatic amines is 1. The number of rotatable bonds is 5. The molecule has 0 spiro atoms. The Morgan fingerprint density at radius 2 is 2.19 bits per heavy atom. The van der Waals surface area contributed by atoms with Crippen LogP contribution < -0.4 is 10.9 Å². The van der Waals surface area contributed by atoms with Gasteiger partial charge >= 0.3 is 0 Å². The number of aromatic nitrogens is 7. The highest BCUT2D eigenvalue weighted by atomic mass is 79.9. The van der Waals surface area contributed by atoms with Crippen LogP contribution >= 0.6 is 38.9 Å². The third-order valence-corrected chi connectivity index (χ3v) is 6.46. The average molecular weight is 518 g/mol. The zero-order valence-electron chi connectivity index (χ0n) is 16.0. The lowest BCUT2D eigenvalue weighted by Crippen LogP contribution is -2.29. The molecule has 1 unspecified atom stereocenters. The van der Waals surface area contributed by atoms with Crippen LogP contribution in [0.2, 0.25) is 5.02 Å². The number of anilines is 1. The number of H-pyrrole nitrogens is 1. The molecule has 0 aliphatic carbocycles. The SMILES string of the molecule is CCC(Nc1ncnc2scnc12)c1nc2cccc(Cl)c2c(=O)n1-c1[nH]ncc1Br. The third kappa shape index (κ3) is 3.38. The van der Waals surface area contributed by atoms with Crippen molar-refractivity contribution in [2.75, 3.05) is 5.32 Å². The van der Waals surface area contributed by atoms with Crippen molar-refractivity contribution >= 4 is 65.9 Å². The molecule has 1 aromatic carbocycles. The first-order valence-corrected chi connectivity index (χ1v) is 11.3. The number of nitrogens with zero attached hydrogens (tertiary/aromatic N) is 6. The molecule has 1 atom stereocenters. The molecule has 4 aromatic heterocycles. The second kappa shape index (κ2) is 7.98. The van der Waals surface area contributed by atoms with Gasteiger partial charge in [-0.05, 0) is 34.5 Å². The minimum Gasteiger partial charge on any atom is -0.358 e. The van der Waals surface area contributed by atoms with Crippen LogP contribution in [0.5, 0.6) is 0 Å². The quantitative estimate of drug-likeness (QED) is 0.353. The smallest absolute Gasteiger partial charge is 0.268 e. The zero-order valence-corrected chi connectivity index (χ0v) is 19.2. The Morgan fingerprint density at radius 1 is 1.32 bits per heavy atom. The van der Waals surface area contributed by atoms with Gasteiger partial charge in [0, 0.05) is 0 Å². The van der Waals surface area contributed by atoms with Crippen LogP contribution in [0.1, 0.15) is 25.2 Å². The maximum Gasteiger partial charge on any atom is 0.268 e. The highest BCUT2D eigenvalue weighted by Crippen LogP contribution is 2.29. The van der Waals surface area contributed by atoms with E-state index in [1.807, 2.05) is 6.92 Å². The minimum atomic E-state index is -0.355. The van der Waals surface area contributed by atoms with Crippen LogP contribution in [-0.4, -0.2) is 34.7 Å². The third-order valence-electron chi connectivity index (χ3n) is 4.84. The molecular formula is C19H14BrClN8OS. The van der Waals surface area contributed by atoms with E-state index in [0.29, 0.717) is 49.8 Å². The first-order valence-electron chi connectivity index (χ1n) is 9.29. The van der Waals surface area contributed by atoms with E-state index in [9.17, 15) is 4.79 Å². The van der Waals surface area contributed by atoms with Crippen molar-refractivity contribution < 1.29 is 0 Å². The fourth-order valence-electron chi connectivity index (χ4n) is 3.39. The number of hydrogen-bond donors (Lipinski definition) is 2. The van der Waals surface area contributed by atoms with Gasteiger partial charge in [-0.3, -0.25) is 9.89 Å². The Morgan fingerprint density at radius 3 is 2.97 bits per heavy atom. The monoisotopic (exact) mass is 516 g/mol. The summed E-state index contributed by atoms with van der Waals surface area (Å²) in [7, 11) is 0. The van der Waals surface area contributed by atoms with E-state index >= 15 is 0 Å². The van der Waals surface area contributed by atoms with E-state index in [1.54, 1.807) is 29.9 Å². The van der Waals surface area contributed by atoms with Crippen LogP contribution in [0.3, 0.4) is 0 Å². The fourth-order valence-corrected chi connectivity index (χ4v) is 4.64. The Hall–Kier alpha value is -2.89. The van der Waals surface area contributed by atoms with Crippen molar-refractivity contribution in [2.24, 2.45) is 0 Å². The number of hydrogen-bond acceptors (Lipinski definition) is 8. The van der Waals surface area contributed by atoms with Crippen LogP contribution in [-0.2, 0) is 0 Å². The number of benzene rings is 1. The molecule has 0 aliphatic rings. The molecule has 5 aromatic rings. The van der Waals surface area contributed by atoms with Gasteiger partial charge < -0.3 is 5.32 Å². The number of thiazole rings is 1. The highest BCUT2D eigenvalue weighted by Gasteiger charge is 2.24. The standard InChI is InChI=1S/C19H14BrClN8OS/c1-2-11(26-15-14-18(23-7-22-15)31-8-24-14)17-27-12-5-3-4-10(21)13(12)19(30)29(17)16-9(20)6-25-28-16/h3-8,11H,2H2,1H3,(H,25,28)(H,22,23,26). The predicted octanol–water partition coefficient (Wildman–Crippen LogP) is 4.49. The molecule has 5 rings (SSSR count). The molecule has 2 N–H and O–H groups in total. The first-order chi connectivity index (χ1) is 15.1. The van der Waals surface area contributed by atoms with E-state index in [0.717, 1.165) is 4.83 Å². The van der Waals surface area contributed by atoms with Gasteiger partial charge in [-0.25, -0.2) is 24.5 Å². The Labute approximate surface area is 192 Å². The van der Waals surface area contributed by atoms with Gasteiger partial charge in [0.15, 0.2) is 11.6 Å². The normalized spacial score (nSPS) is 12.5. The summed E-state index contributed by atoms with van der Waals surface area (Å²) in [5.41, 5.74) is 2.61. The summed E-state index contributed by atoms with van der Waals surface area (Å²) in [6, 6.07) is 4.86. The van der Waals surface area contributed by atoms with Crippen LogP contribution in [0, 0.1) is 0 Å². The van der Waals surface area contributed by atoms with E-state index in [2.05, 4.69) is 46.4 Å². The van der Waals surface area contributed by atoms with Crippen molar-refractivity contribution in [1.82, 2.24) is 34.7 Å². The Balaban J connectivity index is 1.75. The molecule has 0 bridgehead atoms. The van der Waals surface area contributed by atoms with Gasteiger partial charge in [0.25, 0.3) is 5.56 Å². The van der Waals surface area contributed by atoms with Crippen LogP contribution in [0.15, 0.2) is 45.5 Å². The Kier molecular flexibility index (Phi) is 5.16. The van der Waals surface area contributed by atoms with Gasteiger partial charge in [-0.2, -0.15) is 5.10 Å². The van der Waals surface area contributed by atoms with E-state index in [1.165, 1.54) is 22.2 Å². The van der Waals surface area contributed by atoms with Gasteiger partial charge in [-0.15, -0.1) is 11.3 Å². The molecule has 0 amide bonds. The fraction of sp³-hybridized carbons (Fsp3) is 0.158. The van der Waals surface area contributed by atoms with Crippen LogP contribution in [0.4, 0.5) is 5.82 Å². The maximum absolute atomic E-state index is 13.6. The van der Waals surface area contributed by atoms with E-state index < -0.39 is 0 Å². The lowest BCUT2D eigenvalue weighted by molar-refractivity contribution is 0.652. The summed E-state index contributed by atoms with van der Waals surface area (Å²) in [5, 5.41) is 11.0. The van der Waals surface area contributed by atoms with Crippen molar-refractivity contribution in [1.29, 1.82) is 0 Å². The van der Waals surface area contributed by atoms with E-state index in [-0.39, 0.29) is 11.6 Å². The molecule has 0 aliphatic heterocycles. The van der Waals surface area contributed by atoms with Crippen molar-refractivity contribution in [3.63, 3.8) is 0 Å². The van der Waals surface area contributed by atoms with Gasteiger partial charge in [-0.1, -0.05) is 24.6 Å². The molecular weight excluding hydrogens is 504 g/mol. The Bertz CT molecular complexity index is 1480. The summed E-state index contributed by atoms with van der Waals surface area (Å²) < 4.78 is 2.12. The summed E-state index contributed by atoms with van der Waals surface area (Å²) in [6.45, 7) is 2.00. The molecule has 0 saturated heterocycles. The predicted molar refractivity (Wildman–Crippen MR) is 124 cm³/mol. The highest BCUT2D eigenvalue weighted by molar-refractivity contribution is 9.10. The number of fused-ring (bicyclic) bond motifs is 2. The van der Waals surface area contributed by atoms with Crippen molar-refractivity contribution in [3.05, 3.63) is 61.9 Å². The van der Waals surface area contributed by atoms with Gasteiger partial charge in [0.2, 0.25) is 0 Å². The molecule has 156 valence electrons. The van der Waals surface area contributed by atoms with Crippen molar-refractivity contribution in [3.8, 4) is 5.82 Å². The second-order valence-electron chi connectivity index (χ2n) is 6.64. The second-order valence-corrected chi connectivity index (χ2v) is 8.74. The summed E-state index contributed by atoms with van der Waals surface area (Å²) in [5.74, 6) is 1.54. The van der Waals surface area contributed by atoms with E-state index in [4.69, 9.17) is 16.6 Å². The average Bonchev–Trinajstić information content (AvgIpc) is 3.41. The molecule has 9 nitrogen and oxygen atoms in total. The van der Waals surface area contributed by atoms with Crippen LogP contribution in [0.25, 0.3) is 27.1 Å². The number of halogens is 2. The first kappa shape index (κ1) is 20.0. The lowest BCUT2D eigenvalue weighted by Gasteiger charge is -2.21. The molecule has 31 heavy (non-hydrogen) atoms. The summed E-state index contributed by atoms with van der Waals surface area (Å²) in [4.78, 5) is 32.1. The topological polar surface area (TPSA) is 114 Å². The number of nitrogens with one attached hydrogen (secondary N) is 2. The molecule has 12 heteroatoms. The summed E-state index contributed by atoms with van der Waals surface area (Å²) >= 11 is 11.2. The largest absolute Gasteiger partial charge is 0.358 e. The van der Waals surface area contributed by atoms with Gasteiger partial charge in [0.1, 0.15) is 22.5 Å². The van der Waals surface area contributed by atoms with Crippen molar-refractivity contribution in [2.45, 2.75) is 19.4 Å². The van der Waals surface area contributed by atoms with Gasteiger partial charge in [0.05, 0.1) is 38.1 Å². The molecule has 4 heterocycles. The maximum atomic E-state index is 13.6. The summed E-state index contributed by atoms with van der Waals surface area (Å²) in [6.07, 6.45) is 3.70. The molecule has 0 saturated carbocycles.